The first-order valence-corrected chi connectivity index (χ1v) is 4.88. The first-order chi connectivity index (χ1) is 6.61. The summed E-state index contributed by atoms with van der Waals surface area (Å²) in [6.45, 7) is 1.19. The summed E-state index contributed by atoms with van der Waals surface area (Å²) >= 11 is 0. The first-order valence-electron chi connectivity index (χ1n) is 4.88. The molecule has 0 bridgehead atoms. The van der Waals surface area contributed by atoms with Gasteiger partial charge in [0, 0.05) is 6.92 Å². The second-order valence-corrected chi connectivity index (χ2v) is 3.59. The van der Waals surface area contributed by atoms with E-state index in [9.17, 15) is 14.1 Å². The topological polar surface area (TPSA) is 49.4 Å². The number of hydrogen-bond acceptors (Lipinski definition) is 2. The van der Waals surface area contributed by atoms with Gasteiger partial charge in [-0.25, -0.2) is 4.79 Å². The zero-order chi connectivity index (χ0) is 10.6. The lowest BCUT2D eigenvalue weighted by Gasteiger charge is -2.26. The van der Waals surface area contributed by atoms with E-state index in [1.807, 2.05) is 5.32 Å². The molecule has 5 heteroatoms. The zero-order valence-corrected chi connectivity index (χ0v) is 8.25. The van der Waals surface area contributed by atoms with Crippen LogP contribution in [-0.2, 0) is 4.79 Å². The van der Waals surface area contributed by atoms with Gasteiger partial charge in [0.15, 0.2) is 0 Å². The van der Waals surface area contributed by atoms with Gasteiger partial charge in [0.05, 0.1) is 6.04 Å². The molecule has 4 nitrogen and oxygen atoms in total. The van der Waals surface area contributed by atoms with Crippen LogP contribution < -0.4 is 5.32 Å². The molecule has 0 heterocycles. The summed E-state index contributed by atoms with van der Waals surface area (Å²) in [5.41, 5.74) is 0. The average Bonchev–Trinajstić information content (AvgIpc) is 2.17. The Morgan fingerprint density at radius 2 is 1.86 bits per heavy atom. The van der Waals surface area contributed by atoms with Crippen molar-refractivity contribution < 1.29 is 14.1 Å². The van der Waals surface area contributed by atoms with Gasteiger partial charge in [0.1, 0.15) is 0 Å². The number of carbonyl (C=O) groups excluding carboxylic acids is 2. The van der Waals surface area contributed by atoms with Crippen molar-refractivity contribution in [3.8, 4) is 0 Å². The minimum atomic E-state index is -0.940. The van der Waals surface area contributed by atoms with E-state index >= 15 is 0 Å². The van der Waals surface area contributed by atoms with Crippen LogP contribution in [0, 0.1) is 0 Å². The number of nitrogens with one attached hydrogen (secondary N) is 1. The average molecular weight is 202 g/mol. The van der Waals surface area contributed by atoms with Gasteiger partial charge in [0.25, 0.3) is 0 Å². The van der Waals surface area contributed by atoms with Crippen molar-refractivity contribution in [1.82, 2.24) is 10.4 Å². The van der Waals surface area contributed by atoms with Gasteiger partial charge >= 0.3 is 6.03 Å². The van der Waals surface area contributed by atoms with Crippen molar-refractivity contribution in [3.63, 3.8) is 0 Å². The lowest BCUT2D eigenvalue weighted by molar-refractivity contribution is -0.118. The molecule has 0 spiro atoms. The molecule has 0 radical (unpaired) electrons. The largest absolute Gasteiger partial charge is 0.352 e. The minimum Gasteiger partial charge on any atom is -0.276 e. The van der Waals surface area contributed by atoms with Crippen molar-refractivity contribution in [3.05, 3.63) is 0 Å². The predicted octanol–water partition coefficient (Wildman–Crippen LogP) is 1.76. The van der Waals surface area contributed by atoms with E-state index < -0.39 is 11.9 Å². The molecule has 0 aromatic carbocycles. The number of rotatable bonds is 1. The molecule has 3 amide bonds. The maximum atomic E-state index is 13.3. The molecule has 1 aliphatic carbocycles. The summed E-state index contributed by atoms with van der Waals surface area (Å²) in [7, 11) is 0. The first kappa shape index (κ1) is 10.9. The molecule has 1 N–H and O–H groups in total. The Bertz CT molecular complexity index is 227. The van der Waals surface area contributed by atoms with Crippen LogP contribution in [0.3, 0.4) is 0 Å². The summed E-state index contributed by atoms with van der Waals surface area (Å²) in [5, 5.41) is 2.07. The number of hydrogen-bond donors (Lipinski definition) is 1. The van der Waals surface area contributed by atoms with Crippen LogP contribution >= 0.6 is 0 Å². The van der Waals surface area contributed by atoms with Gasteiger partial charge in [-0.15, -0.1) is 0 Å². The van der Waals surface area contributed by atoms with Gasteiger partial charge in [0.2, 0.25) is 5.91 Å². The predicted molar refractivity (Wildman–Crippen MR) is 49.0 cm³/mol. The van der Waals surface area contributed by atoms with Crippen molar-refractivity contribution in [2.75, 3.05) is 0 Å². The quantitative estimate of drug-likeness (QED) is 0.659. The van der Waals surface area contributed by atoms with Crippen molar-refractivity contribution in [2.24, 2.45) is 0 Å². The van der Waals surface area contributed by atoms with Gasteiger partial charge < -0.3 is 0 Å². The van der Waals surface area contributed by atoms with Crippen molar-refractivity contribution >= 4 is 11.9 Å². The number of halogens is 1. The van der Waals surface area contributed by atoms with Crippen LogP contribution in [0.5, 0.6) is 0 Å². The highest BCUT2D eigenvalue weighted by atomic mass is 19.2. The molecular formula is C9H15FN2O2. The molecule has 0 unspecified atom stereocenters. The Kier molecular flexibility index (Phi) is 3.85. The number of imide groups is 1. The number of amides is 3. The second kappa shape index (κ2) is 4.93. The third kappa shape index (κ3) is 2.97. The minimum absolute atomic E-state index is 0.153. The smallest absolute Gasteiger partial charge is 0.276 e. The van der Waals surface area contributed by atoms with Gasteiger partial charge in [-0.05, 0) is 12.8 Å². The molecule has 0 aromatic rings. The Morgan fingerprint density at radius 3 is 2.36 bits per heavy atom. The summed E-state index contributed by atoms with van der Waals surface area (Å²) in [5.74, 6) is -0.534. The summed E-state index contributed by atoms with van der Waals surface area (Å²) in [6.07, 6.45) is 4.35. The zero-order valence-electron chi connectivity index (χ0n) is 8.25. The van der Waals surface area contributed by atoms with E-state index in [0.29, 0.717) is 12.8 Å². The molecule has 0 atom stereocenters. The third-order valence-electron chi connectivity index (χ3n) is 2.37. The fourth-order valence-corrected chi connectivity index (χ4v) is 1.68. The Hall–Kier alpha value is -1.13. The molecular weight excluding hydrogens is 187 g/mol. The highest BCUT2D eigenvalue weighted by molar-refractivity contribution is 5.92. The molecule has 0 aliphatic heterocycles. The monoisotopic (exact) mass is 202 g/mol. The highest BCUT2D eigenvalue weighted by Crippen LogP contribution is 2.22. The maximum Gasteiger partial charge on any atom is 0.352 e. The molecule has 0 aromatic heterocycles. The SMILES string of the molecule is CC(=O)NC(=O)N(F)C1CCCCC1. The lowest BCUT2D eigenvalue weighted by atomic mass is 9.95. The maximum absolute atomic E-state index is 13.3. The fourth-order valence-electron chi connectivity index (χ4n) is 1.68. The van der Waals surface area contributed by atoms with Crippen LogP contribution in [0.1, 0.15) is 39.0 Å². The number of nitrogens with zero attached hydrogens (tertiary/aromatic N) is 1. The molecule has 1 saturated carbocycles. The lowest BCUT2D eigenvalue weighted by Crippen LogP contribution is -2.43. The number of urea groups is 1. The standard InChI is InChI=1S/C9H15FN2O2/c1-7(13)11-9(14)12(10)8-5-3-2-4-6-8/h8H,2-6H2,1H3,(H,11,13,14). The highest BCUT2D eigenvalue weighted by Gasteiger charge is 2.25. The molecule has 1 fully saturated rings. The normalized spacial score (nSPS) is 17.6. The van der Waals surface area contributed by atoms with Crippen LogP contribution in [-0.4, -0.2) is 23.1 Å². The van der Waals surface area contributed by atoms with Crippen LogP contribution in [0.2, 0.25) is 0 Å². The Morgan fingerprint density at radius 1 is 1.29 bits per heavy atom. The van der Waals surface area contributed by atoms with Crippen LogP contribution in [0.25, 0.3) is 0 Å². The van der Waals surface area contributed by atoms with Crippen LogP contribution in [0.4, 0.5) is 9.28 Å². The molecule has 1 aliphatic rings. The molecule has 14 heavy (non-hydrogen) atoms. The van der Waals surface area contributed by atoms with E-state index in [1.54, 1.807) is 0 Å². The van der Waals surface area contributed by atoms with E-state index in [4.69, 9.17) is 0 Å². The van der Waals surface area contributed by atoms with E-state index in [2.05, 4.69) is 0 Å². The van der Waals surface area contributed by atoms with E-state index in [0.717, 1.165) is 19.3 Å². The summed E-state index contributed by atoms with van der Waals surface area (Å²) < 4.78 is 13.3. The number of carbonyl (C=O) groups is 2. The van der Waals surface area contributed by atoms with Crippen LogP contribution in [0.15, 0.2) is 0 Å². The van der Waals surface area contributed by atoms with Crippen molar-refractivity contribution in [2.45, 2.75) is 45.1 Å². The molecule has 0 saturated heterocycles. The van der Waals surface area contributed by atoms with E-state index in [-0.39, 0.29) is 11.2 Å². The van der Waals surface area contributed by atoms with Gasteiger partial charge in [-0.1, -0.05) is 23.7 Å². The summed E-state index contributed by atoms with van der Waals surface area (Å²) in [4.78, 5) is 21.6. The van der Waals surface area contributed by atoms with Gasteiger partial charge in [-0.3, -0.25) is 10.1 Å². The second-order valence-electron chi connectivity index (χ2n) is 3.59. The van der Waals surface area contributed by atoms with Crippen molar-refractivity contribution in [1.29, 1.82) is 0 Å². The van der Waals surface area contributed by atoms with E-state index in [1.165, 1.54) is 6.92 Å². The molecule has 1 rings (SSSR count). The Balaban J connectivity index is 2.41. The third-order valence-corrected chi connectivity index (χ3v) is 2.37. The summed E-state index contributed by atoms with van der Waals surface area (Å²) in [6, 6.07) is -1.30. The van der Waals surface area contributed by atoms with Gasteiger partial charge in [-0.2, -0.15) is 5.12 Å². The fraction of sp³-hybridized carbons (Fsp3) is 0.778. The Labute approximate surface area is 82.4 Å². The molecule has 80 valence electrons.